The molecule has 3 aromatic carbocycles. The Hall–Kier alpha value is -3.11. The third-order valence-corrected chi connectivity index (χ3v) is 5.80. The number of fused-ring (bicyclic) bond motifs is 1. The van der Waals surface area contributed by atoms with E-state index in [1.165, 1.54) is 5.56 Å². The average Bonchev–Trinajstić information content (AvgIpc) is 3.18. The maximum Gasteiger partial charge on any atom is 0.255 e. The number of oxazole rings is 1. The Balaban J connectivity index is 1.59. The molecule has 0 aliphatic carbocycles. The molecule has 1 N–H and O–H groups in total. The summed E-state index contributed by atoms with van der Waals surface area (Å²) in [6.07, 6.45) is 1.07. The van der Waals surface area contributed by atoms with Crippen molar-refractivity contribution in [3.05, 3.63) is 82.4 Å². The third-order valence-electron chi connectivity index (χ3n) is 5.39. The van der Waals surface area contributed by atoms with E-state index in [-0.39, 0.29) is 5.91 Å². The van der Waals surface area contributed by atoms with Crippen LogP contribution < -0.4 is 5.32 Å². The summed E-state index contributed by atoms with van der Waals surface area (Å²) in [5.74, 6) is 0.786. The number of rotatable bonds is 5. The third kappa shape index (κ3) is 4.10. The van der Waals surface area contributed by atoms with Gasteiger partial charge in [-0.05, 0) is 72.9 Å². The standard InChI is InChI=1S/C25H23ClN2O2/c1-4-15(2)17-10-11-23-22(14-17)28-25(30-23)19-6-5-7-20(12-19)27-24(29)18-9-8-16(3)21(26)13-18/h5-15H,4H2,1-3H3,(H,27,29)/t15-/m0/s1. The number of anilines is 1. The van der Waals surface area contributed by atoms with Gasteiger partial charge in [0.15, 0.2) is 5.58 Å². The lowest BCUT2D eigenvalue weighted by atomic mass is 9.98. The van der Waals surface area contributed by atoms with Crippen LogP contribution in [0.25, 0.3) is 22.6 Å². The number of aromatic nitrogens is 1. The Labute approximate surface area is 180 Å². The molecule has 0 saturated heterocycles. The van der Waals surface area contributed by atoms with Crippen molar-refractivity contribution in [2.45, 2.75) is 33.1 Å². The topological polar surface area (TPSA) is 55.1 Å². The molecule has 4 rings (SSSR count). The predicted molar refractivity (Wildman–Crippen MR) is 122 cm³/mol. The predicted octanol–water partition coefficient (Wildman–Crippen LogP) is 7.22. The Morgan fingerprint density at radius 1 is 1.13 bits per heavy atom. The van der Waals surface area contributed by atoms with E-state index in [2.05, 4.69) is 36.3 Å². The number of carbonyl (C=O) groups excluding carboxylic acids is 1. The van der Waals surface area contributed by atoms with Crippen LogP contribution in [-0.2, 0) is 0 Å². The normalized spacial score (nSPS) is 12.1. The highest BCUT2D eigenvalue weighted by Gasteiger charge is 2.13. The van der Waals surface area contributed by atoms with Gasteiger partial charge in [0.25, 0.3) is 5.91 Å². The zero-order valence-corrected chi connectivity index (χ0v) is 18.0. The molecule has 0 aliphatic rings. The van der Waals surface area contributed by atoms with Gasteiger partial charge in [0.2, 0.25) is 5.89 Å². The summed E-state index contributed by atoms with van der Waals surface area (Å²) in [5, 5.41) is 3.48. The quantitative estimate of drug-likeness (QED) is 0.372. The minimum absolute atomic E-state index is 0.218. The van der Waals surface area contributed by atoms with Crippen molar-refractivity contribution in [3.63, 3.8) is 0 Å². The molecule has 1 atom stereocenters. The molecule has 0 bridgehead atoms. The summed E-state index contributed by atoms with van der Waals surface area (Å²) in [4.78, 5) is 17.3. The van der Waals surface area contributed by atoms with Crippen LogP contribution in [0.1, 0.15) is 47.7 Å². The molecular formula is C25H23ClN2O2. The second-order valence-electron chi connectivity index (χ2n) is 7.55. The van der Waals surface area contributed by atoms with E-state index in [9.17, 15) is 4.79 Å². The number of amides is 1. The molecule has 0 spiro atoms. The van der Waals surface area contributed by atoms with Gasteiger partial charge in [-0.3, -0.25) is 4.79 Å². The van der Waals surface area contributed by atoms with Gasteiger partial charge < -0.3 is 9.73 Å². The van der Waals surface area contributed by atoms with Crippen LogP contribution in [0.2, 0.25) is 5.02 Å². The lowest BCUT2D eigenvalue weighted by Crippen LogP contribution is -2.11. The van der Waals surface area contributed by atoms with Gasteiger partial charge in [0, 0.05) is 21.8 Å². The number of hydrogen-bond donors (Lipinski definition) is 1. The number of nitrogens with one attached hydrogen (secondary N) is 1. The fourth-order valence-corrected chi connectivity index (χ4v) is 3.46. The van der Waals surface area contributed by atoms with Crippen LogP contribution in [0.15, 0.2) is 65.1 Å². The SMILES string of the molecule is CC[C@H](C)c1ccc2oc(-c3cccc(NC(=O)c4ccc(C)c(Cl)c4)c3)nc2c1. The Morgan fingerprint density at radius 2 is 1.97 bits per heavy atom. The van der Waals surface area contributed by atoms with Crippen LogP contribution in [0.4, 0.5) is 5.69 Å². The van der Waals surface area contributed by atoms with Gasteiger partial charge in [0.1, 0.15) is 5.52 Å². The Morgan fingerprint density at radius 3 is 2.73 bits per heavy atom. The molecule has 0 fully saturated rings. The molecule has 30 heavy (non-hydrogen) atoms. The smallest absolute Gasteiger partial charge is 0.255 e. The summed E-state index contributed by atoms with van der Waals surface area (Å²) < 4.78 is 5.95. The molecule has 5 heteroatoms. The Bertz CT molecular complexity index is 1230. The average molecular weight is 419 g/mol. The summed E-state index contributed by atoms with van der Waals surface area (Å²) in [5.41, 5.74) is 5.75. The minimum atomic E-state index is -0.218. The highest BCUT2D eigenvalue weighted by Crippen LogP contribution is 2.29. The van der Waals surface area contributed by atoms with Crippen molar-refractivity contribution in [2.75, 3.05) is 5.32 Å². The second-order valence-corrected chi connectivity index (χ2v) is 7.96. The van der Waals surface area contributed by atoms with Gasteiger partial charge in [0.05, 0.1) is 0 Å². The molecule has 0 aliphatic heterocycles. The van der Waals surface area contributed by atoms with Crippen molar-refractivity contribution in [3.8, 4) is 11.5 Å². The summed E-state index contributed by atoms with van der Waals surface area (Å²) in [6.45, 7) is 6.28. The van der Waals surface area contributed by atoms with E-state index in [0.717, 1.165) is 28.6 Å². The molecule has 4 aromatic rings. The van der Waals surface area contributed by atoms with E-state index < -0.39 is 0 Å². The number of benzene rings is 3. The first-order chi connectivity index (χ1) is 14.4. The zero-order valence-electron chi connectivity index (χ0n) is 17.2. The fraction of sp³-hybridized carbons (Fsp3) is 0.200. The molecule has 4 nitrogen and oxygen atoms in total. The van der Waals surface area contributed by atoms with Crippen LogP contribution in [0, 0.1) is 6.92 Å². The van der Waals surface area contributed by atoms with E-state index in [4.69, 9.17) is 16.0 Å². The minimum Gasteiger partial charge on any atom is -0.436 e. The highest BCUT2D eigenvalue weighted by molar-refractivity contribution is 6.31. The van der Waals surface area contributed by atoms with Crippen molar-refractivity contribution < 1.29 is 9.21 Å². The molecule has 0 saturated carbocycles. The molecular weight excluding hydrogens is 396 g/mol. The maximum atomic E-state index is 12.6. The van der Waals surface area contributed by atoms with E-state index in [0.29, 0.717) is 28.1 Å². The maximum absolute atomic E-state index is 12.6. The van der Waals surface area contributed by atoms with Crippen LogP contribution in [0.5, 0.6) is 0 Å². The number of carbonyl (C=O) groups is 1. The first-order valence-corrected chi connectivity index (χ1v) is 10.4. The lowest BCUT2D eigenvalue weighted by Gasteiger charge is -2.07. The van der Waals surface area contributed by atoms with E-state index >= 15 is 0 Å². The first-order valence-electron chi connectivity index (χ1n) is 10.0. The zero-order chi connectivity index (χ0) is 21.3. The van der Waals surface area contributed by atoms with Gasteiger partial charge in [-0.1, -0.05) is 43.6 Å². The summed E-state index contributed by atoms with van der Waals surface area (Å²) in [6, 6.07) is 18.9. The largest absolute Gasteiger partial charge is 0.436 e. The van der Waals surface area contributed by atoms with Crippen molar-refractivity contribution in [1.82, 2.24) is 4.98 Å². The second kappa shape index (κ2) is 8.33. The van der Waals surface area contributed by atoms with Gasteiger partial charge in [-0.2, -0.15) is 0 Å². The van der Waals surface area contributed by atoms with Crippen LogP contribution in [0.3, 0.4) is 0 Å². The van der Waals surface area contributed by atoms with E-state index in [1.807, 2.05) is 43.3 Å². The number of halogens is 1. The van der Waals surface area contributed by atoms with Crippen molar-refractivity contribution >= 4 is 34.3 Å². The Kier molecular flexibility index (Phi) is 5.60. The summed E-state index contributed by atoms with van der Waals surface area (Å²) >= 11 is 6.14. The highest BCUT2D eigenvalue weighted by atomic mass is 35.5. The number of hydrogen-bond acceptors (Lipinski definition) is 3. The van der Waals surface area contributed by atoms with Gasteiger partial charge >= 0.3 is 0 Å². The number of aryl methyl sites for hydroxylation is 1. The molecule has 0 unspecified atom stereocenters. The number of nitrogens with zero attached hydrogens (tertiary/aromatic N) is 1. The van der Waals surface area contributed by atoms with Crippen molar-refractivity contribution in [2.24, 2.45) is 0 Å². The van der Waals surface area contributed by atoms with Gasteiger partial charge in [-0.25, -0.2) is 4.98 Å². The molecule has 152 valence electrons. The van der Waals surface area contributed by atoms with Gasteiger partial charge in [-0.15, -0.1) is 0 Å². The monoisotopic (exact) mass is 418 g/mol. The molecule has 1 heterocycles. The first kappa shape index (κ1) is 20.2. The summed E-state index contributed by atoms with van der Waals surface area (Å²) in [7, 11) is 0. The van der Waals surface area contributed by atoms with Crippen molar-refractivity contribution in [1.29, 1.82) is 0 Å². The molecule has 1 amide bonds. The fourth-order valence-electron chi connectivity index (χ4n) is 3.28. The lowest BCUT2D eigenvalue weighted by molar-refractivity contribution is 0.102. The molecule has 1 aromatic heterocycles. The van der Waals surface area contributed by atoms with Crippen LogP contribution in [-0.4, -0.2) is 10.9 Å². The van der Waals surface area contributed by atoms with E-state index in [1.54, 1.807) is 12.1 Å². The van der Waals surface area contributed by atoms with Crippen LogP contribution >= 0.6 is 11.6 Å². The molecule has 0 radical (unpaired) electrons.